The van der Waals surface area contributed by atoms with E-state index >= 15 is 0 Å². The summed E-state index contributed by atoms with van der Waals surface area (Å²) in [4.78, 5) is 10.7. The molecule has 0 saturated carbocycles. The lowest BCUT2D eigenvalue weighted by molar-refractivity contribution is -0.114. The Balaban J connectivity index is 2.54. The molecular weight excluding hydrogens is 134 g/mol. The van der Waals surface area contributed by atoms with E-state index in [0.29, 0.717) is 5.57 Å². The van der Waals surface area contributed by atoms with Crippen molar-refractivity contribution in [2.24, 2.45) is 25.7 Å². The van der Waals surface area contributed by atoms with Crippen molar-refractivity contribution < 1.29 is 4.79 Å². The molecule has 0 radical (unpaired) electrons. The molecule has 10 heavy (non-hydrogen) atoms. The number of nitrogens with zero attached hydrogens (tertiary/aromatic N) is 5. The van der Waals surface area contributed by atoms with Gasteiger partial charge in [-0.1, -0.05) is 5.11 Å². The second-order valence-corrected chi connectivity index (χ2v) is 1.68. The summed E-state index contributed by atoms with van der Waals surface area (Å²) in [6.07, 6.45) is 1.32. The topological polar surface area (TPSA) is 78.9 Å². The third-order valence-electron chi connectivity index (χ3n) is 1.09. The summed E-state index contributed by atoms with van der Waals surface area (Å²) in [5, 5.41) is 16.8. The van der Waals surface area contributed by atoms with Gasteiger partial charge in [0, 0.05) is 0 Å². The highest BCUT2D eigenvalue weighted by Gasteiger charge is 2.22. The molecule has 2 heterocycles. The summed E-state index contributed by atoms with van der Waals surface area (Å²) in [6.45, 7) is 0. The molecule has 0 bridgehead atoms. The molecule has 0 aromatic rings. The normalized spacial score (nSPS) is 20.6. The van der Waals surface area contributed by atoms with Crippen molar-refractivity contribution in [1.29, 1.82) is 0 Å². The fourth-order valence-corrected chi connectivity index (χ4v) is 0.637. The van der Waals surface area contributed by atoms with Gasteiger partial charge in [-0.2, -0.15) is 5.11 Å². The quantitative estimate of drug-likeness (QED) is 0.480. The third kappa shape index (κ3) is 0.524. The van der Waals surface area contributed by atoms with Gasteiger partial charge in [0.2, 0.25) is 5.84 Å². The second-order valence-electron chi connectivity index (χ2n) is 1.68. The minimum Gasteiger partial charge on any atom is -0.265 e. The van der Waals surface area contributed by atoms with Crippen molar-refractivity contribution in [3.63, 3.8) is 0 Å². The smallest absolute Gasteiger partial charge is 0.265 e. The molecule has 48 valence electrons. The number of carbonyl (C=O) groups excluding carboxylic acids is 1. The van der Waals surface area contributed by atoms with E-state index in [1.165, 1.54) is 6.20 Å². The first-order valence-electron chi connectivity index (χ1n) is 2.52. The van der Waals surface area contributed by atoms with Gasteiger partial charge in [0.15, 0.2) is 0 Å². The molecule has 6 heteroatoms. The maximum atomic E-state index is 10.7. The molecule has 0 aromatic heterocycles. The van der Waals surface area contributed by atoms with Crippen LogP contribution in [0, 0.1) is 0 Å². The number of hydrogen-bond acceptors (Lipinski definition) is 5. The molecule has 2 aliphatic rings. The van der Waals surface area contributed by atoms with Gasteiger partial charge in [0.05, 0.1) is 6.20 Å². The minimum absolute atomic E-state index is 0.250. The van der Waals surface area contributed by atoms with Crippen molar-refractivity contribution in [1.82, 2.24) is 0 Å². The van der Waals surface area contributed by atoms with Crippen LogP contribution in [0.5, 0.6) is 0 Å². The lowest BCUT2D eigenvalue weighted by Crippen LogP contribution is -2.08. The molecule has 1 amide bonds. The van der Waals surface area contributed by atoms with Gasteiger partial charge in [0.1, 0.15) is 5.57 Å². The van der Waals surface area contributed by atoms with Gasteiger partial charge in [-0.05, 0) is 5.22 Å². The van der Waals surface area contributed by atoms with E-state index in [9.17, 15) is 4.79 Å². The maximum absolute atomic E-state index is 10.7. The van der Waals surface area contributed by atoms with Crippen LogP contribution in [0.3, 0.4) is 0 Å². The van der Waals surface area contributed by atoms with Crippen LogP contribution >= 0.6 is 0 Å². The number of hydrogen-bond donors (Lipinski definition) is 0. The zero-order valence-electron chi connectivity index (χ0n) is 4.72. The first-order chi connectivity index (χ1) is 4.88. The number of amidine groups is 1. The largest absolute Gasteiger partial charge is 0.302 e. The predicted molar refractivity (Wildman–Crippen MR) is 30.2 cm³/mol. The van der Waals surface area contributed by atoms with Crippen molar-refractivity contribution in [2.45, 2.75) is 0 Å². The van der Waals surface area contributed by atoms with Crippen LogP contribution in [0.15, 0.2) is 37.4 Å². The summed E-state index contributed by atoms with van der Waals surface area (Å²) in [5.41, 5.74) is 0.315. The van der Waals surface area contributed by atoms with E-state index in [-0.39, 0.29) is 5.84 Å². The summed E-state index contributed by atoms with van der Waals surface area (Å²) >= 11 is 0. The highest BCUT2D eigenvalue weighted by Crippen LogP contribution is 2.14. The molecule has 0 aliphatic carbocycles. The minimum atomic E-state index is -0.435. The molecule has 0 N–H and O–H groups in total. The predicted octanol–water partition coefficient (Wildman–Crippen LogP) is 0.642. The Bertz CT molecular complexity index is 304. The molecule has 0 atom stereocenters. The molecule has 0 aromatic carbocycles. The van der Waals surface area contributed by atoms with Crippen LogP contribution in [0.2, 0.25) is 0 Å². The standard InChI is InChI=1S/C4HN5O/c10-4-2-1-5-6-3(2)7-9-8-4/h1H. The Labute approximate surface area is 55.1 Å². The van der Waals surface area contributed by atoms with Gasteiger partial charge >= 0.3 is 5.91 Å². The van der Waals surface area contributed by atoms with Crippen molar-refractivity contribution in [3.8, 4) is 0 Å². The zero-order valence-corrected chi connectivity index (χ0v) is 4.72. The van der Waals surface area contributed by atoms with Gasteiger partial charge in [-0.25, -0.2) is 0 Å². The molecule has 6 nitrogen and oxygen atoms in total. The number of rotatable bonds is 0. The van der Waals surface area contributed by atoms with E-state index in [1.807, 2.05) is 0 Å². The Morgan fingerprint density at radius 3 is 3.00 bits per heavy atom. The zero-order chi connectivity index (χ0) is 6.97. The van der Waals surface area contributed by atoms with Gasteiger partial charge in [-0.15, -0.1) is 10.2 Å². The Hall–Kier alpha value is -1.72. The highest BCUT2D eigenvalue weighted by atomic mass is 16.2. The van der Waals surface area contributed by atoms with Crippen molar-refractivity contribution >= 4 is 11.7 Å². The van der Waals surface area contributed by atoms with Crippen LogP contribution in [-0.4, -0.2) is 11.7 Å². The summed E-state index contributed by atoms with van der Waals surface area (Å²) < 4.78 is 0. The number of carbonyl (C=O) groups is 1. The molecule has 0 spiro atoms. The Morgan fingerprint density at radius 2 is 2.20 bits per heavy atom. The molecule has 0 unspecified atom stereocenters. The number of fused-ring (bicyclic) bond motifs is 1. The van der Waals surface area contributed by atoms with E-state index in [1.54, 1.807) is 0 Å². The van der Waals surface area contributed by atoms with Crippen LogP contribution in [0.1, 0.15) is 0 Å². The van der Waals surface area contributed by atoms with Crippen LogP contribution in [0.4, 0.5) is 0 Å². The first-order valence-corrected chi connectivity index (χ1v) is 2.52. The summed E-state index contributed by atoms with van der Waals surface area (Å²) in [6, 6.07) is 0. The van der Waals surface area contributed by atoms with Gasteiger partial charge in [-0.3, -0.25) is 4.79 Å². The van der Waals surface area contributed by atoms with Crippen LogP contribution in [-0.2, 0) is 4.79 Å². The fraction of sp³-hybridized carbons (Fsp3) is 0. The van der Waals surface area contributed by atoms with Crippen molar-refractivity contribution in [2.75, 3.05) is 0 Å². The molecule has 2 rings (SSSR count). The molecule has 0 saturated heterocycles. The average Bonchev–Trinajstić information content (AvgIpc) is 2.36. The lowest BCUT2D eigenvalue weighted by atomic mass is 10.2. The summed E-state index contributed by atoms with van der Waals surface area (Å²) in [5.74, 6) is -0.185. The third-order valence-corrected chi connectivity index (χ3v) is 1.09. The summed E-state index contributed by atoms with van der Waals surface area (Å²) in [7, 11) is 0. The van der Waals surface area contributed by atoms with E-state index in [2.05, 4.69) is 25.7 Å². The van der Waals surface area contributed by atoms with Crippen LogP contribution < -0.4 is 0 Å². The fourth-order valence-electron chi connectivity index (χ4n) is 0.637. The first kappa shape index (κ1) is 5.10. The number of amides is 1. The maximum Gasteiger partial charge on any atom is 0.302 e. The van der Waals surface area contributed by atoms with E-state index in [4.69, 9.17) is 0 Å². The van der Waals surface area contributed by atoms with Gasteiger partial charge in [0.25, 0.3) is 0 Å². The van der Waals surface area contributed by atoms with E-state index < -0.39 is 5.91 Å². The Kier molecular flexibility index (Phi) is 0.830. The van der Waals surface area contributed by atoms with Crippen LogP contribution in [0.25, 0.3) is 0 Å². The SMILES string of the molecule is O=C1N=NN=C2N=NC=C12. The van der Waals surface area contributed by atoms with E-state index in [0.717, 1.165) is 0 Å². The van der Waals surface area contributed by atoms with Crippen molar-refractivity contribution in [3.05, 3.63) is 11.8 Å². The Morgan fingerprint density at radius 1 is 1.30 bits per heavy atom. The highest BCUT2D eigenvalue weighted by molar-refractivity contribution is 6.22. The monoisotopic (exact) mass is 135 g/mol. The number of azo groups is 1. The molecule has 0 fully saturated rings. The lowest BCUT2D eigenvalue weighted by Gasteiger charge is -1.94. The molecular formula is C4HN5O. The molecule has 2 aliphatic heterocycles. The van der Waals surface area contributed by atoms with Gasteiger partial charge < -0.3 is 0 Å². The average molecular weight is 135 g/mol. The second kappa shape index (κ2) is 1.63.